The number of rotatable bonds is 4. The summed E-state index contributed by atoms with van der Waals surface area (Å²) in [5.74, 6) is 1.10. The van der Waals surface area contributed by atoms with Crippen LogP contribution in [-0.4, -0.2) is 33.9 Å². The summed E-state index contributed by atoms with van der Waals surface area (Å²) in [5, 5.41) is 5.19. The number of fused-ring (bicyclic) bond motifs is 2. The highest BCUT2D eigenvalue weighted by molar-refractivity contribution is 7.18. The minimum Gasteiger partial charge on any atom is -0.356 e. The van der Waals surface area contributed by atoms with Gasteiger partial charge in [0.2, 0.25) is 5.91 Å². The first-order chi connectivity index (χ1) is 14.7. The highest BCUT2D eigenvalue weighted by Crippen LogP contribution is 2.29. The summed E-state index contributed by atoms with van der Waals surface area (Å²) in [6, 6.07) is 16.1. The van der Waals surface area contributed by atoms with Crippen molar-refractivity contribution < 1.29 is 4.79 Å². The lowest BCUT2D eigenvalue weighted by molar-refractivity contribution is -0.126. The number of benzene rings is 2. The van der Waals surface area contributed by atoms with Gasteiger partial charge in [-0.1, -0.05) is 24.3 Å². The van der Waals surface area contributed by atoms with E-state index in [9.17, 15) is 4.79 Å². The Bertz CT molecular complexity index is 1160. The Morgan fingerprint density at radius 2 is 1.80 bits per heavy atom. The number of carbonyl (C=O) groups excluding carboxylic acids is 1. The van der Waals surface area contributed by atoms with Gasteiger partial charge in [0.1, 0.15) is 17.2 Å². The second kappa shape index (κ2) is 7.99. The molecule has 2 aromatic carbocycles. The van der Waals surface area contributed by atoms with Crippen molar-refractivity contribution in [3.05, 3.63) is 59.9 Å². The predicted molar refractivity (Wildman–Crippen MR) is 121 cm³/mol. The van der Waals surface area contributed by atoms with Crippen LogP contribution in [0, 0.1) is 5.92 Å². The Labute approximate surface area is 179 Å². The number of piperidine rings is 1. The van der Waals surface area contributed by atoms with E-state index < -0.39 is 0 Å². The SMILES string of the molecule is C[C@H](NC(=O)C1CCN(c2ncnc3ccccc23)CC1)c1nc2ccccc2s1. The number of hydrogen-bond acceptors (Lipinski definition) is 6. The van der Waals surface area contributed by atoms with Crippen LogP contribution in [0.3, 0.4) is 0 Å². The molecule has 152 valence electrons. The molecule has 1 N–H and O–H groups in total. The predicted octanol–water partition coefficient (Wildman–Crippen LogP) is 4.33. The number of para-hydroxylation sites is 2. The maximum Gasteiger partial charge on any atom is 0.223 e. The first-order valence-corrected chi connectivity index (χ1v) is 11.1. The lowest BCUT2D eigenvalue weighted by Crippen LogP contribution is -2.41. The second-order valence-electron chi connectivity index (χ2n) is 7.73. The van der Waals surface area contributed by atoms with Crippen LogP contribution < -0.4 is 10.2 Å². The van der Waals surface area contributed by atoms with Crippen LogP contribution in [0.25, 0.3) is 21.1 Å². The maximum absolute atomic E-state index is 12.9. The van der Waals surface area contributed by atoms with Crippen molar-refractivity contribution in [2.75, 3.05) is 18.0 Å². The highest BCUT2D eigenvalue weighted by atomic mass is 32.1. The topological polar surface area (TPSA) is 71.0 Å². The van der Waals surface area contributed by atoms with Crippen LogP contribution >= 0.6 is 11.3 Å². The molecule has 1 atom stereocenters. The van der Waals surface area contributed by atoms with Gasteiger partial charge in [0.25, 0.3) is 0 Å². The molecule has 1 fully saturated rings. The Balaban J connectivity index is 1.23. The van der Waals surface area contributed by atoms with Gasteiger partial charge in [0, 0.05) is 24.4 Å². The minimum atomic E-state index is -0.0845. The first-order valence-electron chi connectivity index (χ1n) is 10.3. The van der Waals surface area contributed by atoms with Crippen molar-refractivity contribution in [2.24, 2.45) is 5.92 Å². The van der Waals surface area contributed by atoms with Gasteiger partial charge in [-0.2, -0.15) is 0 Å². The third-order valence-corrected chi connectivity index (χ3v) is 6.95. The molecular weight excluding hydrogens is 394 g/mol. The van der Waals surface area contributed by atoms with Crippen molar-refractivity contribution in [3.63, 3.8) is 0 Å². The molecule has 4 aromatic rings. The molecule has 0 spiro atoms. The third kappa shape index (κ3) is 3.61. The number of amides is 1. The number of anilines is 1. The average molecular weight is 418 g/mol. The van der Waals surface area contributed by atoms with Crippen molar-refractivity contribution >= 4 is 44.2 Å². The summed E-state index contributed by atoms with van der Waals surface area (Å²) in [4.78, 5) is 28.7. The van der Waals surface area contributed by atoms with Crippen LogP contribution in [0.2, 0.25) is 0 Å². The molecule has 1 amide bonds. The maximum atomic E-state index is 12.9. The largest absolute Gasteiger partial charge is 0.356 e. The van der Waals surface area contributed by atoms with E-state index in [1.54, 1.807) is 17.7 Å². The number of aromatic nitrogens is 3. The third-order valence-electron chi connectivity index (χ3n) is 5.73. The molecule has 30 heavy (non-hydrogen) atoms. The molecule has 0 unspecified atom stereocenters. The molecule has 5 rings (SSSR count). The van der Waals surface area contributed by atoms with Crippen molar-refractivity contribution in [1.82, 2.24) is 20.3 Å². The quantitative estimate of drug-likeness (QED) is 0.535. The van der Waals surface area contributed by atoms with E-state index in [1.807, 2.05) is 43.3 Å². The molecule has 6 nitrogen and oxygen atoms in total. The fourth-order valence-electron chi connectivity index (χ4n) is 4.06. The van der Waals surface area contributed by atoms with Gasteiger partial charge in [0.05, 0.1) is 21.8 Å². The van der Waals surface area contributed by atoms with E-state index >= 15 is 0 Å². The molecule has 3 heterocycles. The second-order valence-corrected chi connectivity index (χ2v) is 8.79. The molecular formula is C23H23N5OS. The van der Waals surface area contributed by atoms with Gasteiger partial charge in [-0.15, -0.1) is 11.3 Å². The summed E-state index contributed by atoms with van der Waals surface area (Å²) < 4.78 is 1.15. The molecule has 0 bridgehead atoms. The normalized spacial score (nSPS) is 16.1. The van der Waals surface area contributed by atoms with E-state index in [-0.39, 0.29) is 17.9 Å². The molecule has 7 heteroatoms. The smallest absolute Gasteiger partial charge is 0.223 e. The van der Waals surface area contributed by atoms with Crippen LogP contribution in [0.15, 0.2) is 54.9 Å². The molecule has 0 radical (unpaired) electrons. The Kier molecular flexibility index (Phi) is 5.04. The summed E-state index contributed by atoms with van der Waals surface area (Å²) in [6.07, 6.45) is 3.25. The van der Waals surface area contributed by atoms with Gasteiger partial charge in [-0.25, -0.2) is 15.0 Å². The highest BCUT2D eigenvalue weighted by Gasteiger charge is 2.27. The van der Waals surface area contributed by atoms with Gasteiger partial charge >= 0.3 is 0 Å². The summed E-state index contributed by atoms with van der Waals surface area (Å²) in [7, 11) is 0. The van der Waals surface area contributed by atoms with Crippen molar-refractivity contribution in [2.45, 2.75) is 25.8 Å². The average Bonchev–Trinajstić information content (AvgIpc) is 3.23. The summed E-state index contributed by atoms with van der Waals surface area (Å²) in [5.41, 5.74) is 1.94. The molecule has 1 saturated heterocycles. The van der Waals surface area contributed by atoms with E-state index in [0.29, 0.717) is 0 Å². The van der Waals surface area contributed by atoms with Crippen LogP contribution in [-0.2, 0) is 4.79 Å². The number of nitrogens with zero attached hydrogens (tertiary/aromatic N) is 4. The fraction of sp³-hybridized carbons (Fsp3) is 0.304. The van der Waals surface area contributed by atoms with Crippen LogP contribution in [0.1, 0.15) is 30.8 Å². The summed E-state index contributed by atoms with van der Waals surface area (Å²) in [6.45, 7) is 3.64. The summed E-state index contributed by atoms with van der Waals surface area (Å²) >= 11 is 1.64. The van der Waals surface area contributed by atoms with Gasteiger partial charge in [-0.05, 0) is 44.0 Å². The molecule has 2 aromatic heterocycles. The number of thiazole rings is 1. The van der Waals surface area contributed by atoms with Gasteiger partial charge in [-0.3, -0.25) is 4.79 Å². The molecule has 1 aliphatic heterocycles. The van der Waals surface area contributed by atoms with Gasteiger partial charge in [0.15, 0.2) is 0 Å². The standard InChI is InChI=1S/C23H23N5OS/c1-15(23-27-19-8-4-5-9-20(19)30-23)26-22(29)16-10-12-28(13-11-16)21-17-6-2-3-7-18(17)24-14-25-21/h2-9,14-16H,10-13H2,1H3,(H,26,29)/t15-/m0/s1. The molecule has 0 saturated carbocycles. The lowest BCUT2D eigenvalue weighted by Gasteiger charge is -2.33. The molecule has 0 aliphatic carbocycles. The minimum absolute atomic E-state index is 0.0196. The zero-order chi connectivity index (χ0) is 20.5. The van der Waals surface area contributed by atoms with E-state index in [2.05, 4.69) is 37.3 Å². The van der Waals surface area contributed by atoms with Crippen molar-refractivity contribution in [1.29, 1.82) is 0 Å². The Morgan fingerprint density at radius 3 is 2.60 bits per heavy atom. The first kappa shape index (κ1) is 18.9. The fourth-order valence-corrected chi connectivity index (χ4v) is 5.03. The van der Waals surface area contributed by atoms with E-state index in [0.717, 1.165) is 57.9 Å². The van der Waals surface area contributed by atoms with Crippen molar-refractivity contribution in [3.8, 4) is 0 Å². The lowest BCUT2D eigenvalue weighted by atomic mass is 9.95. The monoisotopic (exact) mass is 417 g/mol. The Hall–Kier alpha value is -3.06. The Morgan fingerprint density at radius 1 is 1.07 bits per heavy atom. The molecule has 1 aliphatic rings. The number of carbonyl (C=O) groups is 1. The van der Waals surface area contributed by atoms with Gasteiger partial charge < -0.3 is 10.2 Å². The number of nitrogens with one attached hydrogen (secondary N) is 1. The van der Waals surface area contributed by atoms with Crippen LogP contribution in [0.5, 0.6) is 0 Å². The van der Waals surface area contributed by atoms with Crippen LogP contribution in [0.4, 0.5) is 5.82 Å². The number of hydrogen-bond donors (Lipinski definition) is 1. The zero-order valence-corrected chi connectivity index (χ0v) is 17.6. The zero-order valence-electron chi connectivity index (χ0n) is 16.8. The van der Waals surface area contributed by atoms with E-state index in [4.69, 9.17) is 0 Å². The van der Waals surface area contributed by atoms with E-state index in [1.165, 1.54) is 0 Å².